The molecule has 1 aliphatic heterocycles. The number of hydrogen-bond acceptors (Lipinski definition) is 5. The molecule has 0 bridgehead atoms. The Morgan fingerprint density at radius 1 is 1.32 bits per heavy atom. The van der Waals surface area contributed by atoms with E-state index in [0.29, 0.717) is 11.5 Å². The minimum Gasteiger partial charge on any atom is -0.486 e. The zero-order chi connectivity index (χ0) is 18.4. The van der Waals surface area contributed by atoms with Gasteiger partial charge >= 0.3 is 5.69 Å². The normalized spacial score (nSPS) is 15.0. The highest BCUT2D eigenvalue weighted by atomic mass is 16.6. The number of ether oxygens (including phenoxy) is 1. The first-order chi connectivity index (χ1) is 11.9. The minimum absolute atomic E-state index is 0.00679. The second-order valence-electron chi connectivity index (χ2n) is 6.38. The number of nitro benzene ring substituents is 1. The number of amides is 1. The summed E-state index contributed by atoms with van der Waals surface area (Å²) >= 11 is 0. The van der Waals surface area contributed by atoms with Crippen molar-refractivity contribution in [1.29, 1.82) is 0 Å². The highest BCUT2D eigenvalue weighted by Gasteiger charge is 2.21. The summed E-state index contributed by atoms with van der Waals surface area (Å²) in [5.74, 6) is 0.571. The Morgan fingerprint density at radius 3 is 2.60 bits per heavy atom. The maximum absolute atomic E-state index is 12.2. The van der Waals surface area contributed by atoms with Gasteiger partial charge in [0, 0.05) is 31.1 Å². The van der Waals surface area contributed by atoms with E-state index in [9.17, 15) is 19.7 Å². The van der Waals surface area contributed by atoms with Crippen LogP contribution in [0.15, 0.2) is 18.2 Å². The van der Waals surface area contributed by atoms with Gasteiger partial charge in [0.05, 0.1) is 18.0 Å². The fourth-order valence-corrected chi connectivity index (χ4v) is 2.82. The van der Waals surface area contributed by atoms with Gasteiger partial charge in [-0.1, -0.05) is 13.8 Å². The zero-order valence-electron chi connectivity index (χ0n) is 14.7. The molecule has 0 atom stereocenters. The summed E-state index contributed by atoms with van der Waals surface area (Å²) in [6.07, 6.45) is 2.47. The van der Waals surface area contributed by atoms with Crippen molar-refractivity contribution in [2.24, 2.45) is 5.92 Å². The summed E-state index contributed by atoms with van der Waals surface area (Å²) in [4.78, 5) is 36.3. The first-order valence-electron chi connectivity index (χ1n) is 8.64. The number of piperidine rings is 1. The predicted octanol–water partition coefficient (Wildman–Crippen LogP) is 3.21. The third-order valence-electron chi connectivity index (χ3n) is 4.51. The monoisotopic (exact) mass is 348 g/mol. The molecule has 0 N–H and O–H groups in total. The molecule has 7 heteroatoms. The first-order valence-corrected chi connectivity index (χ1v) is 8.64. The van der Waals surface area contributed by atoms with Gasteiger partial charge in [-0.2, -0.15) is 0 Å². The van der Waals surface area contributed by atoms with Crippen LogP contribution in [0.25, 0.3) is 0 Å². The lowest BCUT2D eigenvalue weighted by molar-refractivity contribution is -0.385. The Labute approximate surface area is 147 Å². The summed E-state index contributed by atoms with van der Waals surface area (Å²) < 4.78 is 5.45. The summed E-state index contributed by atoms with van der Waals surface area (Å²) in [5.41, 5.74) is 0.0404. The van der Waals surface area contributed by atoms with Gasteiger partial charge in [0.1, 0.15) is 0 Å². The summed E-state index contributed by atoms with van der Waals surface area (Å²) in [7, 11) is 0. The Morgan fingerprint density at radius 2 is 2.00 bits per heavy atom. The first kappa shape index (κ1) is 18.9. The van der Waals surface area contributed by atoms with Crippen LogP contribution in [0.1, 0.15) is 49.9 Å². The standard InChI is InChI=1S/C18H24N2O5/c1-3-16(21)14-4-5-17(15(12-14)20(23)24)25-11-8-18(22)19-9-6-13(2)7-10-19/h4-5,12-13H,3,6-11H2,1-2H3. The maximum Gasteiger partial charge on any atom is 0.311 e. The molecule has 0 radical (unpaired) electrons. The van der Waals surface area contributed by atoms with E-state index in [1.54, 1.807) is 6.92 Å². The highest BCUT2D eigenvalue weighted by molar-refractivity contribution is 5.96. The van der Waals surface area contributed by atoms with Gasteiger partial charge in [-0.05, 0) is 30.9 Å². The number of carbonyl (C=O) groups excluding carboxylic acids is 2. The van der Waals surface area contributed by atoms with Crippen molar-refractivity contribution in [2.45, 2.75) is 39.5 Å². The molecule has 1 heterocycles. The van der Waals surface area contributed by atoms with Crippen LogP contribution < -0.4 is 4.74 Å². The van der Waals surface area contributed by atoms with E-state index in [-0.39, 0.29) is 42.6 Å². The molecule has 0 spiro atoms. The van der Waals surface area contributed by atoms with Crippen LogP contribution in [0.3, 0.4) is 0 Å². The lowest BCUT2D eigenvalue weighted by Crippen LogP contribution is -2.38. The molecule has 136 valence electrons. The van der Waals surface area contributed by atoms with E-state index in [1.165, 1.54) is 18.2 Å². The number of rotatable bonds is 7. The van der Waals surface area contributed by atoms with Gasteiger partial charge in [-0.15, -0.1) is 0 Å². The SMILES string of the molecule is CCC(=O)c1ccc(OCCC(=O)N2CCC(C)CC2)c([N+](=O)[O-])c1. The maximum atomic E-state index is 12.2. The van der Waals surface area contributed by atoms with Gasteiger partial charge in [0.25, 0.3) is 0 Å². The minimum atomic E-state index is -0.574. The van der Waals surface area contributed by atoms with E-state index in [1.807, 2.05) is 4.90 Å². The molecule has 7 nitrogen and oxygen atoms in total. The van der Waals surface area contributed by atoms with Crippen molar-refractivity contribution in [3.8, 4) is 5.75 Å². The average molecular weight is 348 g/mol. The van der Waals surface area contributed by atoms with Gasteiger partial charge in [0.15, 0.2) is 11.5 Å². The zero-order valence-corrected chi connectivity index (χ0v) is 14.7. The fraction of sp³-hybridized carbons (Fsp3) is 0.556. The third kappa shape index (κ3) is 5.01. The van der Waals surface area contributed by atoms with Crippen molar-refractivity contribution in [1.82, 2.24) is 4.90 Å². The molecule has 0 aliphatic carbocycles. The fourth-order valence-electron chi connectivity index (χ4n) is 2.82. The Bertz CT molecular complexity index is 651. The van der Waals surface area contributed by atoms with Gasteiger partial charge in [-0.3, -0.25) is 19.7 Å². The van der Waals surface area contributed by atoms with Crippen molar-refractivity contribution < 1.29 is 19.2 Å². The van der Waals surface area contributed by atoms with Gasteiger partial charge in [0.2, 0.25) is 5.91 Å². The van der Waals surface area contributed by atoms with Crippen LogP contribution in [0.2, 0.25) is 0 Å². The van der Waals surface area contributed by atoms with Crippen LogP contribution in [0.4, 0.5) is 5.69 Å². The second-order valence-corrected chi connectivity index (χ2v) is 6.38. The van der Waals surface area contributed by atoms with E-state index in [4.69, 9.17) is 4.74 Å². The Hall–Kier alpha value is -2.44. The Balaban J connectivity index is 1.94. The number of ketones is 1. The number of carbonyl (C=O) groups is 2. The number of benzene rings is 1. The number of likely N-dealkylation sites (tertiary alicyclic amines) is 1. The largest absolute Gasteiger partial charge is 0.486 e. The van der Waals surface area contributed by atoms with Crippen molar-refractivity contribution in [3.63, 3.8) is 0 Å². The quantitative estimate of drug-likeness (QED) is 0.429. The molecular formula is C18H24N2O5. The summed E-state index contributed by atoms with van der Waals surface area (Å²) in [6.45, 7) is 5.47. The van der Waals surface area contributed by atoms with Crippen LogP contribution >= 0.6 is 0 Å². The molecule has 2 rings (SSSR count). The molecule has 1 aromatic carbocycles. The van der Waals surface area contributed by atoms with E-state index in [2.05, 4.69) is 6.92 Å². The number of hydrogen-bond donors (Lipinski definition) is 0. The van der Waals surface area contributed by atoms with Crippen LogP contribution in [0.5, 0.6) is 5.75 Å². The second kappa shape index (κ2) is 8.60. The van der Waals surface area contributed by atoms with Crippen molar-refractivity contribution >= 4 is 17.4 Å². The average Bonchev–Trinajstić information content (AvgIpc) is 2.61. The van der Waals surface area contributed by atoms with Crippen molar-refractivity contribution in [3.05, 3.63) is 33.9 Å². The number of Topliss-reactive ketones (excluding diaryl/α,β-unsaturated/α-hetero) is 1. The number of nitro groups is 1. The van der Waals surface area contributed by atoms with E-state index >= 15 is 0 Å². The van der Waals surface area contributed by atoms with Crippen LogP contribution in [0, 0.1) is 16.0 Å². The van der Waals surface area contributed by atoms with Gasteiger partial charge < -0.3 is 9.64 Å². The smallest absolute Gasteiger partial charge is 0.311 e. The lowest BCUT2D eigenvalue weighted by Gasteiger charge is -2.30. The molecule has 1 aliphatic rings. The van der Waals surface area contributed by atoms with Gasteiger partial charge in [-0.25, -0.2) is 0 Å². The lowest BCUT2D eigenvalue weighted by atomic mass is 9.99. The molecule has 1 fully saturated rings. The molecule has 1 saturated heterocycles. The van der Waals surface area contributed by atoms with Crippen LogP contribution in [-0.2, 0) is 4.79 Å². The van der Waals surface area contributed by atoms with E-state index in [0.717, 1.165) is 25.9 Å². The molecule has 0 saturated carbocycles. The predicted molar refractivity (Wildman–Crippen MR) is 92.8 cm³/mol. The molecule has 0 unspecified atom stereocenters. The molecule has 1 amide bonds. The van der Waals surface area contributed by atoms with Crippen molar-refractivity contribution in [2.75, 3.05) is 19.7 Å². The molecule has 25 heavy (non-hydrogen) atoms. The topological polar surface area (TPSA) is 89.8 Å². The number of nitrogens with zero attached hydrogens (tertiary/aromatic N) is 2. The van der Waals surface area contributed by atoms with Crippen LogP contribution in [-0.4, -0.2) is 41.2 Å². The molecule has 1 aromatic rings. The summed E-state index contributed by atoms with van der Waals surface area (Å²) in [5, 5.41) is 11.2. The summed E-state index contributed by atoms with van der Waals surface area (Å²) in [6, 6.07) is 4.17. The molecular weight excluding hydrogens is 324 g/mol. The third-order valence-corrected chi connectivity index (χ3v) is 4.51. The highest BCUT2D eigenvalue weighted by Crippen LogP contribution is 2.28. The Kier molecular flexibility index (Phi) is 6.50. The molecule has 0 aromatic heterocycles. The van der Waals surface area contributed by atoms with E-state index < -0.39 is 4.92 Å².